The van der Waals surface area contributed by atoms with Crippen LogP contribution in [-0.4, -0.2) is 45.0 Å². The molecule has 0 aromatic heterocycles. The van der Waals surface area contributed by atoms with Crippen molar-refractivity contribution in [2.45, 2.75) is 13.3 Å². The Balaban J connectivity index is 0. The second-order valence-electron chi connectivity index (χ2n) is 2.65. The summed E-state index contributed by atoms with van der Waals surface area (Å²) in [6, 6.07) is 0. The Morgan fingerprint density at radius 3 is 1.93 bits per heavy atom. The van der Waals surface area contributed by atoms with Gasteiger partial charge in [-0.2, -0.15) is 8.42 Å². The zero-order valence-corrected chi connectivity index (χ0v) is 9.35. The van der Waals surface area contributed by atoms with Crippen LogP contribution in [0.4, 0.5) is 0 Å². The van der Waals surface area contributed by atoms with Crippen molar-refractivity contribution in [3.63, 3.8) is 0 Å². The minimum absolute atomic E-state index is 0. The van der Waals surface area contributed by atoms with Crippen molar-refractivity contribution in [3.8, 4) is 0 Å². The van der Waals surface area contributed by atoms with E-state index in [0.717, 1.165) is 26.3 Å². The lowest BCUT2D eigenvalue weighted by atomic mass is 10.5. The standard InChI is InChI=1S/C4H9NO.C3H8O3S.H3N/c1-3-6-4-2-5-1;1-2-3-7(4,5)6;/h5H,1-4H2;2-3H2,1H3,(H,4,5,6);1H3. The highest BCUT2D eigenvalue weighted by molar-refractivity contribution is 7.85. The molecule has 0 aromatic carbocycles. The van der Waals surface area contributed by atoms with E-state index in [9.17, 15) is 8.42 Å². The van der Waals surface area contributed by atoms with E-state index in [0.29, 0.717) is 6.42 Å². The SMILES string of the molecule is C1COCCN1.CCCS(=O)(=O)O.N. The molecule has 1 aliphatic heterocycles. The van der Waals surface area contributed by atoms with Crippen LogP contribution in [0, 0.1) is 0 Å². The molecule has 1 saturated heterocycles. The van der Waals surface area contributed by atoms with Gasteiger partial charge in [0.15, 0.2) is 0 Å². The van der Waals surface area contributed by atoms with Gasteiger partial charge in [-0.3, -0.25) is 4.55 Å². The van der Waals surface area contributed by atoms with E-state index in [2.05, 4.69) is 5.32 Å². The van der Waals surface area contributed by atoms with Crippen molar-refractivity contribution in [1.29, 1.82) is 0 Å². The molecule has 14 heavy (non-hydrogen) atoms. The Bertz CT molecular complexity index is 190. The summed E-state index contributed by atoms with van der Waals surface area (Å²) in [5, 5.41) is 3.16. The highest BCUT2D eigenvalue weighted by Crippen LogP contribution is 1.83. The smallest absolute Gasteiger partial charge is 0.264 e. The second-order valence-corrected chi connectivity index (χ2v) is 4.22. The average molecular weight is 228 g/mol. The van der Waals surface area contributed by atoms with Gasteiger partial charge >= 0.3 is 0 Å². The summed E-state index contributed by atoms with van der Waals surface area (Å²) in [6.07, 6.45) is 0.471. The Morgan fingerprint density at radius 1 is 1.36 bits per heavy atom. The fourth-order valence-electron chi connectivity index (χ4n) is 0.774. The van der Waals surface area contributed by atoms with Crippen molar-refractivity contribution >= 4 is 10.1 Å². The third-order valence-corrected chi connectivity index (χ3v) is 2.23. The van der Waals surface area contributed by atoms with Crippen LogP contribution in [0.2, 0.25) is 0 Å². The number of nitrogens with one attached hydrogen (secondary N) is 1. The van der Waals surface area contributed by atoms with Crippen LogP contribution >= 0.6 is 0 Å². The number of hydrogen-bond acceptors (Lipinski definition) is 5. The van der Waals surface area contributed by atoms with E-state index in [1.165, 1.54) is 0 Å². The number of rotatable bonds is 2. The van der Waals surface area contributed by atoms with Gasteiger partial charge in [-0.15, -0.1) is 0 Å². The molecule has 0 radical (unpaired) electrons. The highest BCUT2D eigenvalue weighted by Gasteiger charge is 1.98. The topological polar surface area (TPSA) is 111 Å². The summed E-state index contributed by atoms with van der Waals surface area (Å²) in [5.74, 6) is -0.132. The Labute approximate surface area is 85.4 Å². The fraction of sp³-hybridized carbons (Fsp3) is 1.00. The highest BCUT2D eigenvalue weighted by atomic mass is 32.2. The lowest BCUT2D eigenvalue weighted by molar-refractivity contribution is 0.109. The van der Waals surface area contributed by atoms with E-state index in [-0.39, 0.29) is 11.9 Å². The maximum atomic E-state index is 9.79. The number of hydrogen-bond donors (Lipinski definition) is 3. The fourth-order valence-corrected chi connectivity index (χ4v) is 1.29. The molecule has 0 spiro atoms. The summed E-state index contributed by atoms with van der Waals surface area (Å²) in [7, 11) is -3.67. The molecule has 6 nitrogen and oxygen atoms in total. The first-order chi connectivity index (χ1) is 6.06. The van der Waals surface area contributed by atoms with Crippen molar-refractivity contribution in [3.05, 3.63) is 0 Å². The van der Waals surface area contributed by atoms with Gasteiger partial charge in [0.05, 0.1) is 19.0 Å². The predicted molar refractivity (Wildman–Crippen MR) is 55.4 cm³/mol. The van der Waals surface area contributed by atoms with Crippen LogP contribution in [0.25, 0.3) is 0 Å². The van der Waals surface area contributed by atoms with Gasteiger partial charge in [0.25, 0.3) is 10.1 Å². The summed E-state index contributed by atoms with van der Waals surface area (Å²) in [4.78, 5) is 0. The van der Waals surface area contributed by atoms with Crippen LogP contribution in [0.15, 0.2) is 0 Å². The maximum Gasteiger partial charge on any atom is 0.264 e. The van der Waals surface area contributed by atoms with Crippen molar-refractivity contribution in [2.75, 3.05) is 32.1 Å². The first-order valence-electron chi connectivity index (χ1n) is 4.30. The molecule has 1 heterocycles. The third-order valence-electron chi connectivity index (χ3n) is 1.31. The third kappa shape index (κ3) is 14.3. The van der Waals surface area contributed by atoms with E-state index in [4.69, 9.17) is 9.29 Å². The molecule has 88 valence electrons. The van der Waals surface area contributed by atoms with Gasteiger partial charge in [-0.25, -0.2) is 0 Å². The lowest BCUT2D eigenvalue weighted by Gasteiger charge is -2.10. The van der Waals surface area contributed by atoms with Crippen molar-refractivity contribution in [1.82, 2.24) is 11.5 Å². The average Bonchev–Trinajstić information content (AvgIpc) is 2.06. The zero-order valence-electron chi connectivity index (χ0n) is 8.53. The normalized spacial score (nSPS) is 16.1. The molecule has 0 amide bonds. The Kier molecular flexibility index (Phi) is 10.8. The van der Waals surface area contributed by atoms with Crippen LogP contribution in [0.1, 0.15) is 13.3 Å². The zero-order chi connectivity index (χ0) is 10.2. The lowest BCUT2D eigenvalue weighted by Crippen LogP contribution is -2.30. The molecule has 0 saturated carbocycles. The molecule has 0 aromatic rings. The van der Waals surface area contributed by atoms with Crippen LogP contribution < -0.4 is 11.5 Å². The van der Waals surface area contributed by atoms with Crippen LogP contribution in [-0.2, 0) is 14.9 Å². The molecule has 5 N–H and O–H groups in total. The minimum Gasteiger partial charge on any atom is -0.379 e. The van der Waals surface area contributed by atoms with E-state index >= 15 is 0 Å². The second kappa shape index (κ2) is 9.35. The minimum atomic E-state index is -3.67. The molecule has 0 unspecified atom stereocenters. The molecule has 0 aliphatic carbocycles. The molecule has 1 rings (SSSR count). The van der Waals surface area contributed by atoms with E-state index in [1.807, 2.05) is 0 Å². The molecule has 0 atom stereocenters. The molecule has 0 bridgehead atoms. The maximum absolute atomic E-state index is 9.79. The molecule has 1 fully saturated rings. The molecule has 7 heteroatoms. The van der Waals surface area contributed by atoms with E-state index < -0.39 is 10.1 Å². The van der Waals surface area contributed by atoms with Crippen LogP contribution in [0.5, 0.6) is 0 Å². The summed E-state index contributed by atoms with van der Waals surface area (Å²) < 4.78 is 32.6. The first-order valence-corrected chi connectivity index (χ1v) is 5.91. The predicted octanol–water partition coefficient (Wildman–Crippen LogP) is 0.0524. The quantitative estimate of drug-likeness (QED) is 0.576. The monoisotopic (exact) mass is 228 g/mol. The summed E-state index contributed by atoms with van der Waals surface area (Å²) in [6.45, 7) is 5.52. The number of morpholine rings is 1. The molecule has 1 aliphatic rings. The largest absolute Gasteiger partial charge is 0.379 e. The van der Waals surface area contributed by atoms with Gasteiger partial charge in [-0.1, -0.05) is 6.92 Å². The van der Waals surface area contributed by atoms with E-state index in [1.54, 1.807) is 6.92 Å². The van der Waals surface area contributed by atoms with Crippen molar-refractivity contribution in [2.24, 2.45) is 0 Å². The summed E-state index contributed by atoms with van der Waals surface area (Å²) >= 11 is 0. The molecular formula is C7H20N2O4S. The van der Waals surface area contributed by atoms with Gasteiger partial charge in [0.1, 0.15) is 0 Å². The first kappa shape index (κ1) is 16.2. The van der Waals surface area contributed by atoms with Gasteiger partial charge in [0.2, 0.25) is 0 Å². The summed E-state index contributed by atoms with van der Waals surface area (Å²) in [5.41, 5.74) is 0. The Hall–Kier alpha value is -0.210. The number of ether oxygens (including phenoxy) is 1. The van der Waals surface area contributed by atoms with Gasteiger partial charge < -0.3 is 16.2 Å². The Morgan fingerprint density at radius 2 is 1.86 bits per heavy atom. The van der Waals surface area contributed by atoms with Crippen molar-refractivity contribution < 1.29 is 17.7 Å². The van der Waals surface area contributed by atoms with Gasteiger partial charge in [-0.05, 0) is 6.42 Å². The van der Waals surface area contributed by atoms with Crippen LogP contribution in [0.3, 0.4) is 0 Å². The van der Waals surface area contributed by atoms with Gasteiger partial charge in [0, 0.05) is 13.1 Å². The molecular weight excluding hydrogens is 208 g/mol.